The van der Waals surface area contributed by atoms with E-state index < -0.39 is 5.82 Å². The van der Waals surface area contributed by atoms with Gasteiger partial charge in [0.2, 0.25) is 0 Å². The molecule has 0 radical (unpaired) electrons. The van der Waals surface area contributed by atoms with Crippen LogP contribution in [-0.2, 0) is 6.42 Å². The Morgan fingerprint density at radius 1 is 1.29 bits per heavy atom. The third kappa shape index (κ3) is 6.17. The van der Waals surface area contributed by atoms with E-state index in [2.05, 4.69) is 12.7 Å². The Balaban J connectivity index is 0. The van der Waals surface area contributed by atoms with Gasteiger partial charge in [-0.15, -0.1) is 0 Å². The van der Waals surface area contributed by atoms with Gasteiger partial charge < -0.3 is 5.73 Å². The van der Waals surface area contributed by atoms with Crippen LogP contribution in [0.15, 0.2) is 12.1 Å². The maximum absolute atomic E-state index is 13.2. The first kappa shape index (κ1) is 18.2. The fourth-order valence-corrected chi connectivity index (χ4v) is 1.39. The average molecular weight is 241 g/mol. The van der Waals surface area contributed by atoms with Gasteiger partial charge in [0.15, 0.2) is 6.29 Å². The summed E-state index contributed by atoms with van der Waals surface area (Å²) in [5, 5.41) is 0. The van der Waals surface area contributed by atoms with Crippen molar-refractivity contribution in [3.8, 4) is 0 Å². The predicted octanol–water partition coefficient (Wildman–Crippen LogP) is 3.50. The smallest absolute Gasteiger partial charge is 0.153 e. The predicted molar refractivity (Wildman–Crippen MR) is 72.0 cm³/mol. The van der Waals surface area contributed by atoms with Gasteiger partial charge >= 0.3 is 0 Å². The first-order valence-electron chi connectivity index (χ1n) is 6.01. The van der Waals surface area contributed by atoms with Crippen molar-refractivity contribution in [3.63, 3.8) is 0 Å². The first-order chi connectivity index (χ1) is 8.19. The van der Waals surface area contributed by atoms with Crippen LogP contribution in [-0.4, -0.2) is 13.3 Å². The zero-order chi connectivity index (χ0) is 13.8. The molecule has 1 aromatic carbocycles. The van der Waals surface area contributed by atoms with Gasteiger partial charge in [0.25, 0.3) is 0 Å². The van der Waals surface area contributed by atoms with E-state index in [1.54, 1.807) is 19.1 Å². The summed E-state index contributed by atoms with van der Waals surface area (Å²) < 4.78 is 13.2. The molecule has 0 aliphatic carbocycles. The van der Waals surface area contributed by atoms with Crippen molar-refractivity contribution in [2.45, 2.75) is 40.5 Å². The van der Waals surface area contributed by atoms with Gasteiger partial charge in [-0.05, 0) is 37.6 Å². The Bertz CT molecular complexity index is 324. The van der Waals surface area contributed by atoms with Crippen LogP contribution in [0.4, 0.5) is 4.39 Å². The highest BCUT2D eigenvalue weighted by molar-refractivity contribution is 5.76. The van der Waals surface area contributed by atoms with E-state index in [0.717, 1.165) is 18.4 Å². The molecule has 3 heteroatoms. The molecule has 0 fully saturated rings. The molecular formula is C14H24FNO. The van der Waals surface area contributed by atoms with Crippen LogP contribution >= 0.6 is 0 Å². The van der Waals surface area contributed by atoms with Gasteiger partial charge in [-0.1, -0.05) is 33.3 Å². The van der Waals surface area contributed by atoms with Gasteiger partial charge in [0.05, 0.1) is 5.56 Å². The van der Waals surface area contributed by atoms with Gasteiger partial charge in [-0.2, -0.15) is 0 Å². The zero-order valence-electron chi connectivity index (χ0n) is 11.5. The van der Waals surface area contributed by atoms with Gasteiger partial charge in [0.1, 0.15) is 5.82 Å². The highest BCUT2D eigenvalue weighted by Crippen LogP contribution is 2.15. The van der Waals surface area contributed by atoms with Crippen molar-refractivity contribution in [2.24, 2.45) is 5.73 Å². The van der Waals surface area contributed by atoms with Gasteiger partial charge in [-0.3, -0.25) is 4.79 Å². The van der Waals surface area contributed by atoms with Crippen LogP contribution in [0.3, 0.4) is 0 Å². The molecule has 0 aliphatic rings. The molecule has 1 rings (SSSR count). The lowest BCUT2D eigenvalue weighted by atomic mass is 10.0. The second-order valence-corrected chi connectivity index (χ2v) is 3.18. The Labute approximate surface area is 104 Å². The van der Waals surface area contributed by atoms with Crippen LogP contribution in [0.1, 0.15) is 48.7 Å². The fourth-order valence-electron chi connectivity index (χ4n) is 1.39. The maximum Gasteiger partial charge on any atom is 0.153 e. The standard InChI is InChI=1S/C11H13FO.C2H6.CH5N/c1-3-4-9-5-8(2)11(12)10(6-9)7-13;2*1-2/h5-7H,3-4H2,1-2H3;1-2H3;2H2,1H3. The van der Waals surface area contributed by atoms with E-state index >= 15 is 0 Å². The molecule has 0 saturated carbocycles. The molecule has 98 valence electrons. The molecule has 0 atom stereocenters. The van der Waals surface area contributed by atoms with Crippen LogP contribution in [0.25, 0.3) is 0 Å². The number of aryl methyl sites for hydroxylation is 2. The van der Waals surface area contributed by atoms with E-state index in [0.29, 0.717) is 11.8 Å². The second-order valence-electron chi connectivity index (χ2n) is 3.18. The Kier molecular flexibility index (Phi) is 12.0. The Morgan fingerprint density at radius 3 is 2.24 bits per heavy atom. The van der Waals surface area contributed by atoms with Crippen LogP contribution in [0, 0.1) is 12.7 Å². The number of benzene rings is 1. The van der Waals surface area contributed by atoms with Crippen LogP contribution in [0.5, 0.6) is 0 Å². The molecule has 0 aliphatic heterocycles. The quantitative estimate of drug-likeness (QED) is 0.823. The van der Waals surface area contributed by atoms with Gasteiger partial charge in [-0.25, -0.2) is 4.39 Å². The zero-order valence-corrected chi connectivity index (χ0v) is 11.5. The fraction of sp³-hybridized carbons (Fsp3) is 0.500. The molecule has 2 nitrogen and oxygen atoms in total. The molecular weight excluding hydrogens is 217 g/mol. The van der Waals surface area contributed by atoms with E-state index in [9.17, 15) is 9.18 Å². The van der Waals surface area contributed by atoms with E-state index in [1.807, 2.05) is 13.8 Å². The summed E-state index contributed by atoms with van der Waals surface area (Å²) in [5.41, 5.74) is 6.25. The largest absolute Gasteiger partial charge is 0.333 e. The Hall–Kier alpha value is -1.22. The number of carbonyl (C=O) groups is 1. The number of hydrogen-bond donors (Lipinski definition) is 1. The molecule has 0 bridgehead atoms. The van der Waals surface area contributed by atoms with Crippen LogP contribution < -0.4 is 5.73 Å². The van der Waals surface area contributed by atoms with E-state index in [1.165, 1.54) is 7.05 Å². The molecule has 0 amide bonds. The highest BCUT2D eigenvalue weighted by atomic mass is 19.1. The minimum atomic E-state index is -0.394. The molecule has 17 heavy (non-hydrogen) atoms. The normalized spacial score (nSPS) is 8.41. The Morgan fingerprint density at radius 2 is 1.82 bits per heavy atom. The number of carbonyl (C=O) groups excluding carboxylic acids is 1. The lowest BCUT2D eigenvalue weighted by Gasteiger charge is -2.04. The summed E-state index contributed by atoms with van der Waals surface area (Å²) in [6.07, 6.45) is 2.47. The summed E-state index contributed by atoms with van der Waals surface area (Å²) in [6, 6.07) is 3.42. The van der Waals surface area contributed by atoms with Crippen molar-refractivity contribution >= 4 is 6.29 Å². The molecule has 1 aromatic rings. The third-order valence-corrected chi connectivity index (χ3v) is 2.01. The minimum absolute atomic E-state index is 0.170. The van der Waals surface area contributed by atoms with Gasteiger partial charge in [0, 0.05) is 0 Å². The SMILES string of the molecule is CC.CCCc1cc(C)c(F)c(C=O)c1.CN. The first-order valence-corrected chi connectivity index (χ1v) is 6.01. The van der Waals surface area contributed by atoms with Crippen molar-refractivity contribution < 1.29 is 9.18 Å². The number of aldehydes is 1. The molecule has 0 heterocycles. The number of nitrogens with two attached hydrogens (primary N) is 1. The summed E-state index contributed by atoms with van der Waals surface area (Å²) in [6.45, 7) is 7.74. The second kappa shape index (κ2) is 11.3. The number of hydrogen-bond acceptors (Lipinski definition) is 2. The summed E-state index contributed by atoms with van der Waals surface area (Å²) in [5.74, 6) is -0.394. The third-order valence-electron chi connectivity index (χ3n) is 2.01. The minimum Gasteiger partial charge on any atom is -0.333 e. The van der Waals surface area contributed by atoms with Crippen molar-refractivity contribution in [3.05, 3.63) is 34.6 Å². The molecule has 2 N–H and O–H groups in total. The monoisotopic (exact) mass is 241 g/mol. The van der Waals surface area contributed by atoms with E-state index in [-0.39, 0.29) is 5.56 Å². The summed E-state index contributed by atoms with van der Waals surface area (Å²) in [4.78, 5) is 10.5. The average Bonchev–Trinajstić information content (AvgIpc) is 2.38. The highest BCUT2D eigenvalue weighted by Gasteiger charge is 2.06. The summed E-state index contributed by atoms with van der Waals surface area (Å²) >= 11 is 0. The van der Waals surface area contributed by atoms with Crippen molar-refractivity contribution in [1.82, 2.24) is 0 Å². The van der Waals surface area contributed by atoms with Crippen molar-refractivity contribution in [1.29, 1.82) is 0 Å². The number of halogens is 1. The lowest BCUT2D eigenvalue weighted by molar-refractivity contribution is 0.111. The maximum atomic E-state index is 13.2. The summed E-state index contributed by atoms with van der Waals surface area (Å²) in [7, 11) is 1.50. The molecule has 0 spiro atoms. The van der Waals surface area contributed by atoms with Crippen molar-refractivity contribution in [2.75, 3.05) is 7.05 Å². The number of rotatable bonds is 3. The molecule has 0 unspecified atom stereocenters. The lowest BCUT2D eigenvalue weighted by Crippen LogP contribution is -1.95. The molecule has 0 saturated heterocycles. The van der Waals surface area contributed by atoms with E-state index in [4.69, 9.17) is 0 Å². The van der Waals surface area contributed by atoms with Crippen LogP contribution in [0.2, 0.25) is 0 Å². The molecule has 0 aromatic heterocycles. The topological polar surface area (TPSA) is 43.1 Å².